The Kier molecular flexibility index (Phi) is 11.9. The Bertz CT molecular complexity index is 216. The fraction of sp³-hybridized carbons (Fsp3) is 1.00. The number of hydrogen-bond acceptors (Lipinski definition) is 1. The van der Waals surface area contributed by atoms with Crippen LogP contribution in [-0.2, 0) is 11.3 Å². The molecule has 0 saturated heterocycles. The van der Waals surface area contributed by atoms with Crippen LogP contribution in [0.5, 0.6) is 0 Å². The zero-order chi connectivity index (χ0) is 14.0. The van der Waals surface area contributed by atoms with Crippen molar-refractivity contribution in [2.45, 2.75) is 76.2 Å². The smallest absolute Gasteiger partial charge is 0.237 e. The van der Waals surface area contributed by atoms with E-state index in [0.717, 1.165) is 38.5 Å². The van der Waals surface area contributed by atoms with Gasteiger partial charge in [0, 0.05) is 0 Å². The third-order valence-corrected chi connectivity index (χ3v) is 4.78. The molecule has 1 N–H and O–H groups in total. The van der Waals surface area contributed by atoms with Crippen LogP contribution in [0.4, 0.5) is 0 Å². The molecule has 0 fully saturated rings. The second-order valence-corrected chi connectivity index (χ2v) is 6.34. The molecule has 3 nitrogen and oxygen atoms in total. The maximum atomic E-state index is 11.3. The summed E-state index contributed by atoms with van der Waals surface area (Å²) in [5, 5.41) is 0. The standard InChI is InChI=1S/C12H25Cl2NO2S/c1-3-5-7-9-11(13)15(18(16)17)12(14)10-8-6-4-2/h11-12H,3-10H2,1-2H3,(H,16,17). The summed E-state index contributed by atoms with van der Waals surface area (Å²) in [6.45, 7) is 4.22. The van der Waals surface area contributed by atoms with Crippen LogP contribution >= 0.6 is 23.2 Å². The van der Waals surface area contributed by atoms with Crippen LogP contribution in [0.1, 0.15) is 65.2 Å². The first-order valence-corrected chi connectivity index (χ1v) is 8.65. The Morgan fingerprint density at radius 3 is 1.67 bits per heavy atom. The zero-order valence-electron chi connectivity index (χ0n) is 11.3. The van der Waals surface area contributed by atoms with Crippen LogP contribution < -0.4 is 0 Å². The van der Waals surface area contributed by atoms with E-state index in [9.17, 15) is 8.76 Å². The molecule has 0 amide bonds. The largest absolute Gasteiger partial charge is 0.294 e. The van der Waals surface area contributed by atoms with Gasteiger partial charge in [0.1, 0.15) is 11.0 Å². The quantitative estimate of drug-likeness (QED) is 0.259. The minimum absolute atomic E-state index is 0.466. The number of unbranched alkanes of at least 4 members (excludes halogenated alkanes) is 4. The molecular formula is C12H25Cl2NO2S. The van der Waals surface area contributed by atoms with Gasteiger partial charge in [-0.25, -0.2) is 4.21 Å². The molecule has 0 bridgehead atoms. The van der Waals surface area contributed by atoms with Gasteiger partial charge in [0.05, 0.1) is 0 Å². The maximum Gasteiger partial charge on any atom is 0.237 e. The van der Waals surface area contributed by atoms with Gasteiger partial charge in [-0.15, -0.1) is 23.2 Å². The summed E-state index contributed by atoms with van der Waals surface area (Å²) >= 11 is 10.2. The average molecular weight is 318 g/mol. The van der Waals surface area contributed by atoms with Crippen LogP contribution in [-0.4, -0.2) is 24.1 Å². The number of alkyl halides is 2. The van der Waals surface area contributed by atoms with Gasteiger partial charge in [-0.3, -0.25) is 4.55 Å². The normalized spacial score (nSPS) is 16.8. The molecule has 3 unspecified atom stereocenters. The van der Waals surface area contributed by atoms with Crippen molar-refractivity contribution in [1.29, 1.82) is 0 Å². The molecule has 6 heteroatoms. The lowest BCUT2D eigenvalue weighted by Gasteiger charge is -2.27. The molecule has 0 heterocycles. The summed E-state index contributed by atoms with van der Waals surface area (Å²) in [7, 11) is 0. The molecule has 18 heavy (non-hydrogen) atoms. The van der Waals surface area contributed by atoms with Gasteiger partial charge >= 0.3 is 0 Å². The molecule has 0 aliphatic heterocycles. The zero-order valence-corrected chi connectivity index (χ0v) is 13.6. The molecule has 110 valence electrons. The average Bonchev–Trinajstić information content (AvgIpc) is 2.29. The van der Waals surface area contributed by atoms with Gasteiger partial charge in [0.25, 0.3) is 0 Å². The highest BCUT2D eigenvalue weighted by Gasteiger charge is 2.27. The van der Waals surface area contributed by atoms with Crippen LogP contribution in [0.3, 0.4) is 0 Å². The van der Waals surface area contributed by atoms with E-state index in [1.165, 1.54) is 4.31 Å². The van der Waals surface area contributed by atoms with E-state index in [1.54, 1.807) is 0 Å². The Hall–Kier alpha value is 0.650. The molecule has 0 aromatic carbocycles. The number of halogens is 2. The van der Waals surface area contributed by atoms with E-state index >= 15 is 0 Å². The summed E-state index contributed by atoms with van der Waals surface area (Å²) in [5.74, 6) is 0. The number of hydrogen-bond donors (Lipinski definition) is 1. The monoisotopic (exact) mass is 317 g/mol. The van der Waals surface area contributed by atoms with Gasteiger partial charge in [-0.2, -0.15) is 4.31 Å². The van der Waals surface area contributed by atoms with Crippen LogP contribution in [0, 0.1) is 0 Å². The summed E-state index contributed by atoms with van der Waals surface area (Å²) in [5.41, 5.74) is -0.932. The third-order valence-electron chi connectivity index (χ3n) is 2.82. The number of nitrogens with zero attached hydrogens (tertiary/aromatic N) is 1. The molecule has 0 aromatic heterocycles. The van der Waals surface area contributed by atoms with Crippen molar-refractivity contribution in [2.24, 2.45) is 0 Å². The van der Waals surface area contributed by atoms with Crippen molar-refractivity contribution in [1.82, 2.24) is 4.31 Å². The first-order valence-electron chi connectivity index (χ1n) is 6.72. The van der Waals surface area contributed by atoms with Crippen molar-refractivity contribution in [3.8, 4) is 0 Å². The Morgan fingerprint density at radius 2 is 1.39 bits per heavy atom. The Morgan fingerprint density at radius 1 is 1.00 bits per heavy atom. The van der Waals surface area contributed by atoms with Crippen LogP contribution in [0.25, 0.3) is 0 Å². The second-order valence-electron chi connectivity index (χ2n) is 4.45. The lowest BCUT2D eigenvalue weighted by molar-refractivity contribution is 0.322. The lowest BCUT2D eigenvalue weighted by Crippen LogP contribution is -2.38. The van der Waals surface area contributed by atoms with Crippen LogP contribution in [0.15, 0.2) is 0 Å². The SMILES string of the molecule is CCCCCC(Cl)N(C(Cl)CCCCC)S(=O)O. The fourth-order valence-corrected chi connectivity index (χ4v) is 3.40. The van der Waals surface area contributed by atoms with Crippen LogP contribution in [0.2, 0.25) is 0 Å². The molecule has 0 radical (unpaired) electrons. The van der Waals surface area contributed by atoms with Gasteiger partial charge in [-0.05, 0) is 12.8 Å². The van der Waals surface area contributed by atoms with Crippen molar-refractivity contribution >= 4 is 34.5 Å². The summed E-state index contributed by atoms with van der Waals surface area (Å²) in [6.07, 6.45) is 7.67. The maximum absolute atomic E-state index is 11.3. The summed E-state index contributed by atoms with van der Waals surface area (Å²) in [4.78, 5) is 0. The van der Waals surface area contributed by atoms with E-state index < -0.39 is 22.3 Å². The predicted molar refractivity (Wildman–Crippen MR) is 80.2 cm³/mol. The van der Waals surface area contributed by atoms with E-state index in [1.807, 2.05) is 0 Å². The van der Waals surface area contributed by atoms with E-state index in [-0.39, 0.29) is 0 Å². The second kappa shape index (κ2) is 11.5. The van der Waals surface area contributed by atoms with Gasteiger partial charge in [-0.1, -0.05) is 52.4 Å². The lowest BCUT2D eigenvalue weighted by atomic mass is 10.2. The fourth-order valence-electron chi connectivity index (χ4n) is 1.75. The molecule has 0 rings (SSSR count). The van der Waals surface area contributed by atoms with Crippen molar-refractivity contribution < 1.29 is 8.76 Å². The minimum Gasteiger partial charge on any atom is -0.294 e. The highest BCUT2D eigenvalue weighted by atomic mass is 35.5. The predicted octanol–water partition coefficient (Wildman–Crippen LogP) is 4.72. The summed E-state index contributed by atoms with van der Waals surface area (Å²) in [6, 6.07) is 0. The van der Waals surface area contributed by atoms with Crippen molar-refractivity contribution in [2.75, 3.05) is 0 Å². The van der Waals surface area contributed by atoms with Gasteiger partial charge < -0.3 is 0 Å². The van der Waals surface area contributed by atoms with E-state index in [2.05, 4.69) is 13.8 Å². The molecule has 0 spiro atoms. The molecule has 3 atom stereocenters. The van der Waals surface area contributed by atoms with Crippen molar-refractivity contribution in [3.63, 3.8) is 0 Å². The Labute approximate surface area is 124 Å². The molecule has 0 aliphatic carbocycles. The number of rotatable bonds is 11. The highest BCUT2D eigenvalue weighted by Crippen LogP contribution is 2.23. The first-order chi connectivity index (χ1) is 8.54. The third kappa shape index (κ3) is 7.95. The molecule has 0 aliphatic rings. The van der Waals surface area contributed by atoms with Crippen molar-refractivity contribution in [3.05, 3.63) is 0 Å². The van der Waals surface area contributed by atoms with E-state index in [4.69, 9.17) is 23.2 Å². The van der Waals surface area contributed by atoms with E-state index in [0.29, 0.717) is 12.8 Å². The summed E-state index contributed by atoms with van der Waals surface area (Å²) < 4.78 is 21.9. The molecule has 0 aromatic rings. The minimum atomic E-state index is -2.10. The first kappa shape index (κ1) is 18.7. The van der Waals surface area contributed by atoms with Gasteiger partial charge in [0.2, 0.25) is 11.3 Å². The topological polar surface area (TPSA) is 40.5 Å². The highest BCUT2D eigenvalue weighted by molar-refractivity contribution is 7.76. The molecular weight excluding hydrogens is 293 g/mol. The van der Waals surface area contributed by atoms with Gasteiger partial charge in [0.15, 0.2) is 0 Å². The Balaban J connectivity index is 4.21. The molecule has 0 saturated carbocycles.